The quantitative estimate of drug-likeness (QED) is 0.906. The topological polar surface area (TPSA) is 29.5 Å². The van der Waals surface area contributed by atoms with E-state index in [0.717, 1.165) is 16.9 Å². The Kier molecular flexibility index (Phi) is 4.23. The molecule has 1 unspecified atom stereocenters. The van der Waals surface area contributed by atoms with E-state index in [9.17, 15) is 5.11 Å². The molecule has 2 rings (SSSR count). The van der Waals surface area contributed by atoms with Crippen LogP contribution < -0.4 is 4.74 Å². The van der Waals surface area contributed by atoms with Gasteiger partial charge in [0.05, 0.1) is 13.2 Å². The summed E-state index contributed by atoms with van der Waals surface area (Å²) in [5, 5.41) is 10.5. The lowest BCUT2D eigenvalue weighted by molar-refractivity contribution is 0.173. The largest absolute Gasteiger partial charge is 0.496 e. The second-order valence-corrected chi connectivity index (χ2v) is 4.89. The predicted molar refractivity (Wildman–Crippen MR) is 77.6 cm³/mol. The number of benzene rings is 2. The Morgan fingerprint density at radius 2 is 1.84 bits per heavy atom. The van der Waals surface area contributed by atoms with Crippen LogP contribution in [-0.2, 0) is 6.42 Å². The molecule has 2 aromatic carbocycles. The minimum absolute atomic E-state index is 0.545. The number of aliphatic hydroxyl groups is 1. The van der Waals surface area contributed by atoms with Gasteiger partial charge in [0.2, 0.25) is 0 Å². The van der Waals surface area contributed by atoms with Gasteiger partial charge in [-0.1, -0.05) is 35.9 Å². The molecular formula is C17H20O2. The van der Waals surface area contributed by atoms with Crippen molar-refractivity contribution in [3.05, 3.63) is 64.7 Å². The molecule has 2 heteroatoms. The fourth-order valence-electron chi connectivity index (χ4n) is 2.27. The first kappa shape index (κ1) is 13.6. The van der Waals surface area contributed by atoms with Crippen LogP contribution in [0.15, 0.2) is 42.5 Å². The first-order valence-electron chi connectivity index (χ1n) is 6.49. The summed E-state index contributed by atoms with van der Waals surface area (Å²) >= 11 is 0. The summed E-state index contributed by atoms with van der Waals surface area (Å²) in [6.07, 6.45) is 0.0582. The molecule has 0 saturated carbocycles. The van der Waals surface area contributed by atoms with Gasteiger partial charge in [-0.15, -0.1) is 0 Å². The van der Waals surface area contributed by atoms with Gasteiger partial charge in [-0.25, -0.2) is 0 Å². The summed E-state index contributed by atoms with van der Waals surface area (Å²) in [7, 11) is 1.63. The highest BCUT2D eigenvalue weighted by molar-refractivity contribution is 5.39. The van der Waals surface area contributed by atoms with Crippen LogP contribution in [0, 0.1) is 13.8 Å². The third kappa shape index (κ3) is 3.15. The molecule has 0 radical (unpaired) electrons. The van der Waals surface area contributed by atoms with Crippen molar-refractivity contribution in [3.63, 3.8) is 0 Å². The van der Waals surface area contributed by atoms with Crippen molar-refractivity contribution >= 4 is 0 Å². The van der Waals surface area contributed by atoms with Crippen molar-refractivity contribution in [1.82, 2.24) is 0 Å². The van der Waals surface area contributed by atoms with Gasteiger partial charge in [0, 0.05) is 12.0 Å². The smallest absolute Gasteiger partial charge is 0.124 e. The zero-order chi connectivity index (χ0) is 13.8. The Hall–Kier alpha value is -1.80. The van der Waals surface area contributed by atoms with Crippen LogP contribution in [0.1, 0.15) is 28.4 Å². The first-order valence-corrected chi connectivity index (χ1v) is 6.49. The van der Waals surface area contributed by atoms with E-state index >= 15 is 0 Å². The lowest BCUT2D eigenvalue weighted by atomic mass is 9.96. The number of methoxy groups -OCH3 is 1. The molecule has 0 saturated heterocycles. The number of hydrogen-bond acceptors (Lipinski definition) is 2. The van der Waals surface area contributed by atoms with Crippen LogP contribution in [0.5, 0.6) is 5.75 Å². The molecule has 2 aromatic rings. The molecule has 0 aliphatic carbocycles. The summed E-state index contributed by atoms with van der Waals surface area (Å²) in [6, 6.07) is 14.0. The number of rotatable bonds is 4. The number of aryl methyl sites for hydroxylation is 2. The van der Waals surface area contributed by atoms with Crippen LogP contribution in [0.4, 0.5) is 0 Å². The third-order valence-corrected chi connectivity index (χ3v) is 3.42. The Balaban J connectivity index is 2.27. The van der Waals surface area contributed by atoms with Crippen molar-refractivity contribution in [1.29, 1.82) is 0 Å². The molecule has 0 spiro atoms. The molecule has 0 amide bonds. The monoisotopic (exact) mass is 256 g/mol. The Morgan fingerprint density at radius 3 is 2.53 bits per heavy atom. The molecule has 2 nitrogen and oxygen atoms in total. The average Bonchev–Trinajstić information content (AvgIpc) is 2.41. The molecule has 0 bridgehead atoms. The van der Waals surface area contributed by atoms with E-state index in [2.05, 4.69) is 19.1 Å². The van der Waals surface area contributed by atoms with Crippen LogP contribution in [0.2, 0.25) is 0 Å². The maximum atomic E-state index is 10.5. The van der Waals surface area contributed by atoms with Crippen molar-refractivity contribution < 1.29 is 9.84 Å². The van der Waals surface area contributed by atoms with Crippen molar-refractivity contribution in [2.75, 3.05) is 7.11 Å². The zero-order valence-corrected chi connectivity index (χ0v) is 11.7. The molecule has 0 heterocycles. The summed E-state index contributed by atoms with van der Waals surface area (Å²) < 4.78 is 5.33. The van der Waals surface area contributed by atoms with Gasteiger partial charge in [-0.05, 0) is 37.1 Å². The number of ether oxygens (including phenoxy) is 1. The molecule has 1 N–H and O–H groups in total. The summed E-state index contributed by atoms with van der Waals surface area (Å²) in [5.74, 6) is 0.742. The summed E-state index contributed by atoms with van der Waals surface area (Å²) in [5.41, 5.74) is 4.34. The minimum Gasteiger partial charge on any atom is -0.496 e. The van der Waals surface area contributed by atoms with Crippen LogP contribution in [-0.4, -0.2) is 12.2 Å². The van der Waals surface area contributed by atoms with Crippen molar-refractivity contribution in [3.8, 4) is 5.75 Å². The maximum Gasteiger partial charge on any atom is 0.124 e. The second kappa shape index (κ2) is 5.89. The molecule has 0 aliphatic rings. The van der Waals surface area contributed by atoms with Gasteiger partial charge < -0.3 is 9.84 Å². The minimum atomic E-state index is -0.545. The highest BCUT2D eigenvalue weighted by atomic mass is 16.5. The Bertz CT molecular complexity index is 561. The van der Waals surface area contributed by atoms with Gasteiger partial charge in [-0.3, -0.25) is 0 Å². The van der Waals surface area contributed by atoms with E-state index in [4.69, 9.17) is 4.74 Å². The van der Waals surface area contributed by atoms with E-state index in [-0.39, 0.29) is 0 Å². The van der Waals surface area contributed by atoms with Gasteiger partial charge in [0.15, 0.2) is 0 Å². The average molecular weight is 256 g/mol. The van der Waals surface area contributed by atoms with E-state index in [1.807, 2.05) is 37.3 Å². The molecule has 0 aromatic heterocycles. The molecule has 100 valence electrons. The predicted octanol–water partition coefficient (Wildman–Crippen LogP) is 3.59. The SMILES string of the molecule is COc1ccc(C)cc1C(O)Cc1ccccc1C. The van der Waals surface area contributed by atoms with E-state index in [0.29, 0.717) is 6.42 Å². The van der Waals surface area contributed by atoms with Crippen LogP contribution >= 0.6 is 0 Å². The second-order valence-electron chi connectivity index (χ2n) is 4.89. The van der Waals surface area contributed by atoms with Gasteiger partial charge in [-0.2, -0.15) is 0 Å². The zero-order valence-electron chi connectivity index (χ0n) is 11.7. The van der Waals surface area contributed by atoms with Gasteiger partial charge in [0.25, 0.3) is 0 Å². The highest BCUT2D eigenvalue weighted by Crippen LogP contribution is 2.29. The van der Waals surface area contributed by atoms with E-state index in [1.54, 1.807) is 7.11 Å². The molecule has 1 atom stereocenters. The molecule has 0 fully saturated rings. The lowest BCUT2D eigenvalue weighted by Gasteiger charge is -2.16. The van der Waals surface area contributed by atoms with E-state index < -0.39 is 6.10 Å². The maximum absolute atomic E-state index is 10.5. The Labute approximate surface area is 114 Å². The third-order valence-electron chi connectivity index (χ3n) is 3.42. The highest BCUT2D eigenvalue weighted by Gasteiger charge is 2.14. The number of hydrogen-bond donors (Lipinski definition) is 1. The van der Waals surface area contributed by atoms with Crippen LogP contribution in [0.25, 0.3) is 0 Å². The number of aliphatic hydroxyl groups excluding tert-OH is 1. The summed E-state index contributed by atoms with van der Waals surface area (Å²) in [4.78, 5) is 0. The van der Waals surface area contributed by atoms with Gasteiger partial charge in [0.1, 0.15) is 5.75 Å². The van der Waals surface area contributed by atoms with Crippen molar-refractivity contribution in [2.45, 2.75) is 26.4 Å². The Morgan fingerprint density at radius 1 is 1.11 bits per heavy atom. The van der Waals surface area contributed by atoms with Crippen LogP contribution in [0.3, 0.4) is 0 Å². The molecule has 0 aliphatic heterocycles. The van der Waals surface area contributed by atoms with Gasteiger partial charge >= 0.3 is 0 Å². The summed E-state index contributed by atoms with van der Waals surface area (Å²) in [6.45, 7) is 4.08. The molecular weight excluding hydrogens is 236 g/mol. The first-order chi connectivity index (χ1) is 9.11. The normalized spacial score (nSPS) is 12.2. The molecule has 19 heavy (non-hydrogen) atoms. The fraction of sp³-hybridized carbons (Fsp3) is 0.294. The standard InChI is InChI=1S/C17H20O2/c1-12-8-9-17(19-3)15(10-12)16(18)11-14-7-5-4-6-13(14)2/h4-10,16,18H,11H2,1-3H3. The van der Waals surface area contributed by atoms with E-state index in [1.165, 1.54) is 11.1 Å². The van der Waals surface area contributed by atoms with Crippen molar-refractivity contribution in [2.24, 2.45) is 0 Å². The fourth-order valence-corrected chi connectivity index (χ4v) is 2.27. The lowest BCUT2D eigenvalue weighted by Crippen LogP contribution is -2.05.